The zero-order chi connectivity index (χ0) is 22.8. The molecule has 1 aromatic carbocycles. The van der Waals surface area contributed by atoms with Crippen molar-refractivity contribution >= 4 is 29.4 Å². The molecule has 9 heteroatoms. The van der Waals surface area contributed by atoms with Gasteiger partial charge >= 0.3 is 11.9 Å². The Balaban J connectivity index is 1.86. The van der Waals surface area contributed by atoms with Gasteiger partial charge in [-0.15, -0.1) is 0 Å². The first-order chi connectivity index (χ1) is 14.6. The van der Waals surface area contributed by atoms with Crippen molar-refractivity contribution in [1.82, 2.24) is 14.5 Å². The molecule has 0 aliphatic carbocycles. The van der Waals surface area contributed by atoms with Crippen LogP contribution in [0.25, 0.3) is 0 Å². The lowest BCUT2D eigenvalue weighted by molar-refractivity contribution is -0.155. The third-order valence-corrected chi connectivity index (χ3v) is 5.69. The Labute approximate surface area is 185 Å². The summed E-state index contributed by atoms with van der Waals surface area (Å²) in [6.45, 7) is 4.21. The fraction of sp³-hybridized carbons (Fsp3) is 0.455. The number of imidazole rings is 1. The number of nitrogens with zero attached hydrogens (tertiary/aromatic N) is 3. The lowest BCUT2D eigenvalue weighted by atomic mass is 9.84. The number of fused-ring (bicyclic) bond motifs is 1. The van der Waals surface area contributed by atoms with E-state index in [1.54, 1.807) is 20.2 Å². The maximum atomic E-state index is 13.1. The van der Waals surface area contributed by atoms with Gasteiger partial charge in [-0.3, -0.25) is 9.59 Å². The van der Waals surface area contributed by atoms with E-state index in [2.05, 4.69) is 4.98 Å². The summed E-state index contributed by atoms with van der Waals surface area (Å²) >= 11 is 5.96. The molecule has 0 fully saturated rings. The van der Waals surface area contributed by atoms with Crippen molar-refractivity contribution in [3.05, 3.63) is 52.6 Å². The first kappa shape index (κ1) is 22.8. The number of ether oxygens (including phenoxy) is 1. The zero-order valence-electron chi connectivity index (χ0n) is 17.8. The van der Waals surface area contributed by atoms with Crippen LogP contribution in [0, 0.1) is 5.41 Å². The minimum atomic E-state index is -0.968. The average Bonchev–Trinajstić information content (AvgIpc) is 3.08. The van der Waals surface area contributed by atoms with Crippen molar-refractivity contribution in [3.63, 3.8) is 0 Å². The van der Waals surface area contributed by atoms with E-state index in [4.69, 9.17) is 21.4 Å². The molecule has 1 aliphatic heterocycles. The smallest absolute Gasteiger partial charge is 0.329 e. The summed E-state index contributed by atoms with van der Waals surface area (Å²) in [5.74, 6) is -1.77. The number of carboxylic acid groups (broad SMARTS) is 1. The lowest BCUT2D eigenvalue weighted by Crippen LogP contribution is -2.50. The van der Waals surface area contributed by atoms with Gasteiger partial charge in [0.25, 0.3) is 0 Å². The highest BCUT2D eigenvalue weighted by Gasteiger charge is 2.39. The van der Waals surface area contributed by atoms with Crippen molar-refractivity contribution in [3.8, 4) is 0 Å². The molecule has 0 saturated heterocycles. The summed E-state index contributed by atoms with van der Waals surface area (Å²) in [6.07, 6.45) is 1.82. The molecule has 1 atom stereocenters. The van der Waals surface area contributed by atoms with Crippen molar-refractivity contribution < 1.29 is 24.2 Å². The van der Waals surface area contributed by atoms with Crippen LogP contribution in [0.2, 0.25) is 5.02 Å². The highest BCUT2D eigenvalue weighted by molar-refractivity contribution is 6.30. The number of carbonyl (C=O) groups is 3. The summed E-state index contributed by atoms with van der Waals surface area (Å²) in [6, 6.07) is 6.68. The molecular formula is C22H26ClN3O5. The van der Waals surface area contributed by atoms with Crippen molar-refractivity contribution in [1.29, 1.82) is 0 Å². The van der Waals surface area contributed by atoms with Gasteiger partial charge in [0.1, 0.15) is 6.04 Å². The van der Waals surface area contributed by atoms with Gasteiger partial charge in [-0.2, -0.15) is 0 Å². The minimum Gasteiger partial charge on any atom is -0.481 e. The number of amides is 1. The van der Waals surface area contributed by atoms with Crippen LogP contribution in [-0.4, -0.2) is 50.6 Å². The topological polar surface area (TPSA) is 102 Å². The number of methoxy groups -OCH3 is 1. The monoisotopic (exact) mass is 447 g/mol. The second-order valence-electron chi connectivity index (χ2n) is 8.57. The second-order valence-corrected chi connectivity index (χ2v) is 9.00. The molecule has 31 heavy (non-hydrogen) atoms. The van der Waals surface area contributed by atoms with E-state index < -0.39 is 23.4 Å². The molecule has 0 saturated carbocycles. The molecule has 8 nitrogen and oxygen atoms in total. The van der Waals surface area contributed by atoms with Gasteiger partial charge in [0.15, 0.2) is 0 Å². The molecule has 166 valence electrons. The van der Waals surface area contributed by atoms with Crippen LogP contribution in [0.15, 0.2) is 30.6 Å². The van der Waals surface area contributed by atoms with Gasteiger partial charge in [-0.25, -0.2) is 9.78 Å². The van der Waals surface area contributed by atoms with Crippen LogP contribution in [-0.2, 0) is 38.6 Å². The largest absolute Gasteiger partial charge is 0.481 e. The van der Waals surface area contributed by atoms with Crippen molar-refractivity contribution in [2.75, 3.05) is 7.11 Å². The van der Waals surface area contributed by atoms with E-state index in [0.29, 0.717) is 11.6 Å². The van der Waals surface area contributed by atoms with Crippen molar-refractivity contribution in [2.45, 2.75) is 52.2 Å². The lowest BCUT2D eigenvalue weighted by Gasteiger charge is -2.36. The number of carbonyl (C=O) groups excluding carboxylic acids is 2. The summed E-state index contributed by atoms with van der Waals surface area (Å²) in [7, 11) is 1.29. The number of hydrogen-bond donors (Lipinski definition) is 1. The molecule has 1 unspecified atom stereocenters. The Morgan fingerprint density at radius 2 is 1.90 bits per heavy atom. The molecule has 0 radical (unpaired) electrons. The van der Waals surface area contributed by atoms with Crippen LogP contribution < -0.4 is 0 Å². The predicted molar refractivity (Wildman–Crippen MR) is 113 cm³/mol. The minimum absolute atomic E-state index is 0.00739. The number of aromatic nitrogens is 2. The summed E-state index contributed by atoms with van der Waals surface area (Å²) in [5, 5.41) is 9.78. The third kappa shape index (κ3) is 5.44. The van der Waals surface area contributed by atoms with Crippen LogP contribution in [0.3, 0.4) is 0 Å². The van der Waals surface area contributed by atoms with E-state index in [9.17, 15) is 14.4 Å². The van der Waals surface area contributed by atoms with Gasteiger partial charge < -0.3 is 19.3 Å². The molecule has 1 aliphatic rings. The maximum absolute atomic E-state index is 13.1. The van der Waals surface area contributed by atoms with Crippen molar-refractivity contribution in [2.24, 2.45) is 5.41 Å². The summed E-state index contributed by atoms with van der Waals surface area (Å²) in [5.41, 5.74) is 1.88. The van der Waals surface area contributed by atoms with Gasteiger partial charge in [0.05, 0.1) is 37.8 Å². The molecule has 0 bridgehead atoms. The Morgan fingerprint density at radius 1 is 1.23 bits per heavy atom. The quantitative estimate of drug-likeness (QED) is 0.655. The first-order valence-electron chi connectivity index (χ1n) is 9.96. The molecule has 3 rings (SSSR count). The second kappa shape index (κ2) is 9.09. The summed E-state index contributed by atoms with van der Waals surface area (Å²) in [4.78, 5) is 42.6. The zero-order valence-corrected chi connectivity index (χ0v) is 18.6. The predicted octanol–water partition coefficient (Wildman–Crippen LogP) is 2.90. The first-order valence-corrected chi connectivity index (χ1v) is 10.3. The normalized spacial score (nSPS) is 16.0. The average molecular weight is 448 g/mol. The Morgan fingerprint density at radius 3 is 2.52 bits per heavy atom. The number of carboxylic acids is 1. The molecule has 1 aromatic heterocycles. The van der Waals surface area contributed by atoms with Gasteiger partial charge in [0.2, 0.25) is 5.91 Å². The Bertz CT molecular complexity index is 984. The molecule has 1 amide bonds. The molecule has 2 heterocycles. The van der Waals surface area contributed by atoms with E-state index in [-0.39, 0.29) is 31.7 Å². The van der Waals surface area contributed by atoms with Crippen LogP contribution >= 0.6 is 11.6 Å². The number of benzene rings is 1. The molecule has 1 N–H and O–H groups in total. The highest BCUT2D eigenvalue weighted by Crippen LogP contribution is 2.30. The molecule has 2 aromatic rings. The SMILES string of the molecule is COC(=O)C1Cc2ncn(Cc3ccc(Cl)cc3)c2CN1C(=O)CC(C)(C)CC(=O)O. The van der Waals surface area contributed by atoms with Crippen LogP contribution in [0.1, 0.15) is 43.6 Å². The van der Waals surface area contributed by atoms with E-state index in [0.717, 1.165) is 17.0 Å². The van der Waals surface area contributed by atoms with Crippen LogP contribution in [0.5, 0.6) is 0 Å². The maximum Gasteiger partial charge on any atom is 0.329 e. The Hall–Kier alpha value is -2.87. The number of aliphatic carboxylic acids is 1. The molecular weight excluding hydrogens is 422 g/mol. The number of esters is 1. The van der Waals surface area contributed by atoms with E-state index in [1.807, 2.05) is 28.8 Å². The van der Waals surface area contributed by atoms with Crippen LogP contribution in [0.4, 0.5) is 0 Å². The number of halogens is 1. The number of rotatable bonds is 7. The summed E-state index contributed by atoms with van der Waals surface area (Å²) < 4.78 is 6.87. The standard InChI is InChI=1S/C22H26ClN3O5/c1-22(2,10-20(28)29)9-19(27)26-12-18-16(8-17(26)21(30)31-3)24-13-25(18)11-14-4-6-15(23)7-5-14/h4-7,13,17H,8-12H2,1-3H3,(H,28,29). The fourth-order valence-electron chi connectivity index (χ4n) is 3.88. The van der Waals surface area contributed by atoms with E-state index >= 15 is 0 Å². The number of hydrogen-bond acceptors (Lipinski definition) is 5. The molecule has 0 spiro atoms. The Kier molecular flexibility index (Phi) is 6.69. The fourth-order valence-corrected chi connectivity index (χ4v) is 4.01. The third-order valence-electron chi connectivity index (χ3n) is 5.44. The van der Waals surface area contributed by atoms with Gasteiger partial charge in [0, 0.05) is 24.4 Å². The van der Waals surface area contributed by atoms with E-state index in [1.165, 1.54) is 12.0 Å². The van der Waals surface area contributed by atoms with Gasteiger partial charge in [-0.1, -0.05) is 37.6 Å². The highest BCUT2D eigenvalue weighted by atomic mass is 35.5. The van der Waals surface area contributed by atoms with Gasteiger partial charge in [-0.05, 0) is 23.1 Å².